The van der Waals surface area contributed by atoms with Crippen LogP contribution in [0.15, 0.2) is 11.6 Å². The minimum absolute atomic E-state index is 0.0611. The highest BCUT2D eigenvalue weighted by atomic mass is 16.6. The lowest BCUT2D eigenvalue weighted by molar-refractivity contribution is -0.152. The number of rotatable bonds is 8. The number of carbonyl (C=O) groups excluding carboxylic acids is 1. The lowest BCUT2D eigenvalue weighted by Crippen LogP contribution is -2.30. The molecule has 0 amide bonds. The van der Waals surface area contributed by atoms with Gasteiger partial charge in [0.2, 0.25) is 0 Å². The Labute approximate surface area is 121 Å². The highest BCUT2D eigenvalue weighted by Crippen LogP contribution is 2.18. The van der Waals surface area contributed by atoms with Gasteiger partial charge in [0.1, 0.15) is 5.60 Å². The van der Waals surface area contributed by atoms with Crippen LogP contribution >= 0.6 is 0 Å². The van der Waals surface area contributed by atoms with E-state index in [0.717, 1.165) is 18.9 Å². The molecule has 5 heteroatoms. The molecule has 0 aromatic carbocycles. The molecular weight excluding hydrogens is 260 g/mol. The van der Waals surface area contributed by atoms with E-state index in [1.54, 1.807) is 20.8 Å². The second-order valence-electron chi connectivity index (χ2n) is 5.56. The molecule has 5 nitrogen and oxygen atoms in total. The highest BCUT2D eigenvalue weighted by Gasteiger charge is 2.26. The van der Waals surface area contributed by atoms with Crippen molar-refractivity contribution in [1.82, 2.24) is 0 Å². The summed E-state index contributed by atoms with van der Waals surface area (Å²) >= 11 is 0. The number of unbranched alkanes of at least 4 members (excludes halogenated alkanes) is 1. The predicted molar refractivity (Wildman–Crippen MR) is 76.5 cm³/mol. The van der Waals surface area contributed by atoms with Gasteiger partial charge >= 0.3 is 11.9 Å². The van der Waals surface area contributed by atoms with E-state index in [0.29, 0.717) is 13.0 Å². The standard InChI is InChI=1S/C15H26O5/c1-6-8-9-19-12(7-2)11(10-13(16)17)14(18)20-15(3,4)5/h10,12H,6-9H2,1-5H3,(H,16,17). The Morgan fingerprint density at radius 3 is 2.25 bits per heavy atom. The monoisotopic (exact) mass is 286 g/mol. The van der Waals surface area contributed by atoms with E-state index in [1.165, 1.54) is 0 Å². The Morgan fingerprint density at radius 1 is 1.25 bits per heavy atom. The van der Waals surface area contributed by atoms with Crippen molar-refractivity contribution in [2.45, 2.75) is 65.6 Å². The number of hydrogen-bond donors (Lipinski definition) is 1. The maximum atomic E-state index is 12.1. The van der Waals surface area contributed by atoms with Crippen molar-refractivity contribution < 1.29 is 24.2 Å². The molecule has 0 aliphatic carbocycles. The van der Waals surface area contributed by atoms with Crippen LogP contribution < -0.4 is 0 Å². The second kappa shape index (κ2) is 8.74. The first kappa shape index (κ1) is 18.6. The molecule has 0 saturated heterocycles. The van der Waals surface area contributed by atoms with Crippen LogP contribution in [0.2, 0.25) is 0 Å². The number of hydrogen-bond acceptors (Lipinski definition) is 4. The van der Waals surface area contributed by atoms with Crippen molar-refractivity contribution in [1.29, 1.82) is 0 Å². The van der Waals surface area contributed by atoms with Gasteiger partial charge in [-0.3, -0.25) is 0 Å². The van der Waals surface area contributed by atoms with Crippen LogP contribution in [-0.2, 0) is 19.1 Å². The van der Waals surface area contributed by atoms with E-state index < -0.39 is 23.6 Å². The van der Waals surface area contributed by atoms with Crippen molar-refractivity contribution in [2.75, 3.05) is 6.61 Å². The van der Waals surface area contributed by atoms with E-state index >= 15 is 0 Å². The van der Waals surface area contributed by atoms with Crippen LogP contribution in [0.4, 0.5) is 0 Å². The Bertz CT molecular complexity index is 352. The van der Waals surface area contributed by atoms with Gasteiger partial charge in [-0.25, -0.2) is 9.59 Å². The zero-order valence-electron chi connectivity index (χ0n) is 13.1. The van der Waals surface area contributed by atoms with Crippen LogP contribution in [0.3, 0.4) is 0 Å². The Balaban J connectivity index is 5.02. The van der Waals surface area contributed by atoms with Crippen molar-refractivity contribution in [3.8, 4) is 0 Å². The van der Waals surface area contributed by atoms with Gasteiger partial charge < -0.3 is 14.6 Å². The summed E-state index contributed by atoms with van der Waals surface area (Å²) < 4.78 is 10.8. The van der Waals surface area contributed by atoms with Crippen molar-refractivity contribution in [3.63, 3.8) is 0 Å². The molecule has 0 heterocycles. The third-order valence-corrected chi connectivity index (χ3v) is 2.45. The molecule has 0 aliphatic rings. The summed E-state index contributed by atoms with van der Waals surface area (Å²) in [6, 6.07) is 0. The third kappa shape index (κ3) is 7.94. The van der Waals surface area contributed by atoms with Gasteiger partial charge in [0.05, 0.1) is 11.7 Å². The van der Waals surface area contributed by atoms with Crippen LogP contribution in [0, 0.1) is 0 Å². The average molecular weight is 286 g/mol. The largest absolute Gasteiger partial charge is 0.478 e. The van der Waals surface area contributed by atoms with E-state index in [4.69, 9.17) is 14.6 Å². The van der Waals surface area contributed by atoms with E-state index in [1.807, 2.05) is 13.8 Å². The maximum Gasteiger partial charge on any atom is 0.337 e. The molecule has 0 rings (SSSR count). The highest BCUT2D eigenvalue weighted by molar-refractivity contribution is 5.96. The van der Waals surface area contributed by atoms with Crippen LogP contribution in [0.1, 0.15) is 53.9 Å². The van der Waals surface area contributed by atoms with Crippen LogP contribution in [0.25, 0.3) is 0 Å². The van der Waals surface area contributed by atoms with Crippen molar-refractivity contribution >= 4 is 11.9 Å². The SMILES string of the molecule is CCCCOC(CC)C(=CC(=O)O)C(=O)OC(C)(C)C. The molecule has 0 aliphatic heterocycles. The van der Waals surface area contributed by atoms with E-state index in [2.05, 4.69) is 0 Å². The minimum atomic E-state index is -1.18. The molecule has 1 N–H and O–H groups in total. The molecule has 0 aromatic heterocycles. The summed E-state index contributed by atoms with van der Waals surface area (Å²) in [5, 5.41) is 8.91. The molecule has 0 spiro atoms. The fourth-order valence-corrected chi connectivity index (χ4v) is 1.55. The molecule has 0 saturated carbocycles. The number of carbonyl (C=O) groups is 2. The normalized spacial score (nSPS) is 13.9. The summed E-state index contributed by atoms with van der Waals surface area (Å²) in [5.74, 6) is -1.81. The number of esters is 1. The fraction of sp³-hybridized carbons (Fsp3) is 0.733. The molecular formula is C15H26O5. The molecule has 1 unspecified atom stereocenters. The Hall–Kier alpha value is -1.36. The van der Waals surface area contributed by atoms with E-state index in [9.17, 15) is 9.59 Å². The van der Waals surface area contributed by atoms with Crippen molar-refractivity contribution in [3.05, 3.63) is 11.6 Å². The zero-order valence-corrected chi connectivity index (χ0v) is 13.1. The molecule has 116 valence electrons. The summed E-state index contributed by atoms with van der Waals surface area (Å²) in [6.45, 7) is 9.59. The average Bonchev–Trinajstić information content (AvgIpc) is 2.30. The molecule has 0 bridgehead atoms. The summed E-state index contributed by atoms with van der Waals surface area (Å²) in [4.78, 5) is 23.0. The number of carboxylic acid groups (broad SMARTS) is 1. The van der Waals surface area contributed by atoms with Crippen molar-refractivity contribution in [2.24, 2.45) is 0 Å². The first-order valence-electron chi connectivity index (χ1n) is 7.00. The van der Waals surface area contributed by atoms with Gasteiger partial charge in [-0.15, -0.1) is 0 Å². The van der Waals surface area contributed by atoms with Crippen LogP contribution in [0.5, 0.6) is 0 Å². The first-order valence-corrected chi connectivity index (χ1v) is 7.00. The van der Waals surface area contributed by atoms with E-state index in [-0.39, 0.29) is 5.57 Å². The molecule has 0 aromatic rings. The lowest BCUT2D eigenvalue weighted by Gasteiger charge is -2.24. The van der Waals surface area contributed by atoms with Gasteiger partial charge in [0.25, 0.3) is 0 Å². The number of aliphatic carboxylic acids is 1. The fourth-order valence-electron chi connectivity index (χ4n) is 1.55. The Morgan fingerprint density at radius 2 is 1.85 bits per heavy atom. The maximum absolute atomic E-state index is 12.1. The molecule has 20 heavy (non-hydrogen) atoms. The van der Waals surface area contributed by atoms with Gasteiger partial charge in [-0.2, -0.15) is 0 Å². The van der Waals surface area contributed by atoms with Gasteiger partial charge in [-0.05, 0) is 33.6 Å². The molecule has 0 radical (unpaired) electrons. The van der Waals surface area contributed by atoms with Gasteiger partial charge in [0.15, 0.2) is 0 Å². The van der Waals surface area contributed by atoms with Gasteiger partial charge in [0, 0.05) is 12.7 Å². The lowest BCUT2D eigenvalue weighted by atomic mass is 10.1. The summed E-state index contributed by atoms with van der Waals surface area (Å²) in [5.41, 5.74) is -0.609. The number of ether oxygens (including phenoxy) is 2. The number of carboxylic acids is 1. The third-order valence-electron chi connectivity index (χ3n) is 2.45. The molecule has 1 atom stereocenters. The first-order chi connectivity index (χ1) is 9.21. The smallest absolute Gasteiger partial charge is 0.337 e. The Kier molecular flexibility index (Phi) is 8.15. The summed E-state index contributed by atoms with van der Waals surface area (Å²) in [7, 11) is 0. The quantitative estimate of drug-likeness (QED) is 0.422. The van der Waals surface area contributed by atoms with Gasteiger partial charge in [-0.1, -0.05) is 20.3 Å². The minimum Gasteiger partial charge on any atom is -0.478 e. The van der Waals surface area contributed by atoms with Crippen LogP contribution in [-0.4, -0.2) is 35.4 Å². The summed E-state index contributed by atoms with van der Waals surface area (Å²) in [6.07, 6.45) is 2.69. The second-order valence-corrected chi connectivity index (χ2v) is 5.56. The predicted octanol–water partition coefficient (Wildman–Crippen LogP) is 2.93. The zero-order chi connectivity index (χ0) is 15.8. The molecule has 0 fully saturated rings. The topological polar surface area (TPSA) is 72.8 Å².